The fourth-order valence-corrected chi connectivity index (χ4v) is 0.797. The Kier molecular flexibility index (Phi) is 1.93. The third-order valence-corrected chi connectivity index (χ3v) is 1.30. The van der Waals surface area contributed by atoms with Gasteiger partial charge in [0.2, 0.25) is 0 Å². The molecule has 0 aliphatic heterocycles. The lowest BCUT2D eigenvalue weighted by atomic mass is 10.4. The topological polar surface area (TPSA) is 67.6 Å². The van der Waals surface area contributed by atoms with Crippen LogP contribution in [0.4, 0.5) is 5.82 Å². The molecule has 56 valence electrons. The quantitative estimate of drug-likeness (QED) is 0.622. The van der Waals surface area contributed by atoms with Crippen molar-refractivity contribution in [1.29, 1.82) is 5.26 Å². The zero-order valence-corrected chi connectivity index (χ0v) is 5.99. The van der Waals surface area contributed by atoms with Gasteiger partial charge in [-0.1, -0.05) is 6.08 Å². The normalized spacial score (nSPS) is 9.00. The third-order valence-electron chi connectivity index (χ3n) is 1.30. The first kappa shape index (κ1) is 7.35. The van der Waals surface area contributed by atoms with Crippen LogP contribution in [0.5, 0.6) is 0 Å². The van der Waals surface area contributed by atoms with Crippen molar-refractivity contribution in [3.8, 4) is 6.07 Å². The Balaban J connectivity index is 3.07. The number of anilines is 1. The molecule has 0 amide bonds. The van der Waals surface area contributed by atoms with Crippen LogP contribution in [0.25, 0.3) is 0 Å². The van der Waals surface area contributed by atoms with E-state index in [1.54, 1.807) is 10.6 Å². The molecule has 0 aliphatic carbocycles. The van der Waals surface area contributed by atoms with Gasteiger partial charge < -0.3 is 10.3 Å². The highest BCUT2D eigenvalue weighted by atomic mass is 15.1. The van der Waals surface area contributed by atoms with Gasteiger partial charge in [0.1, 0.15) is 6.07 Å². The Morgan fingerprint density at radius 1 is 1.91 bits per heavy atom. The number of aromatic nitrogens is 2. The van der Waals surface area contributed by atoms with E-state index in [1.807, 2.05) is 6.07 Å². The zero-order valence-electron chi connectivity index (χ0n) is 5.99. The molecule has 0 unspecified atom stereocenters. The zero-order chi connectivity index (χ0) is 8.27. The van der Waals surface area contributed by atoms with Gasteiger partial charge in [0.25, 0.3) is 0 Å². The maximum Gasteiger partial charge on any atom is 0.164 e. The highest BCUT2D eigenvalue weighted by Gasteiger charge is 2.04. The summed E-state index contributed by atoms with van der Waals surface area (Å²) in [6.07, 6.45) is 3.21. The van der Waals surface area contributed by atoms with Gasteiger partial charge in [-0.3, -0.25) is 0 Å². The van der Waals surface area contributed by atoms with Crippen molar-refractivity contribution in [1.82, 2.24) is 9.55 Å². The van der Waals surface area contributed by atoms with Gasteiger partial charge >= 0.3 is 0 Å². The van der Waals surface area contributed by atoms with E-state index in [1.165, 1.54) is 6.33 Å². The van der Waals surface area contributed by atoms with Crippen LogP contribution >= 0.6 is 0 Å². The smallest absolute Gasteiger partial charge is 0.164 e. The predicted octanol–water partition coefficient (Wildman–Crippen LogP) is 0.523. The highest BCUT2D eigenvalue weighted by Crippen LogP contribution is 2.06. The molecule has 2 N–H and O–H groups in total. The SMILES string of the molecule is C=CCn1cnc(N)c1C#N. The Bertz CT molecular complexity index is 305. The number of nitriles is 1. The van der Waals surface area contributed by atoms with Crippen molar-refractivity contribution in [2.75, 3.05) is 5.73 Å². The highest BCUT2D eigenvalue weighted by molar-refractivity contribution is 5.43. The maximum absolute atomic E-state index is 8.59. The first-order chi connectivity index (χ1) is 5.29. The average molecular weight is 148 g/mol. The van der Waals surface area contributed by atoms with Gasteiger partial charge in [0.15, 0.2) is 11.5 Å². The fraction of sp³-hybridized carbons (Fsp3) is 0.143. The number of hydrogen-bond acceptors (Lipinski definition) is 3. The molecule has 11 heavy (non-hydrogen) atoms. The lowest BCUT2D eigenvalue weighted by molar-refractivity contribution is 0.809. The fourth-order valence-electron chi connectivity index (χ4n) is 0.797. The van der Waals surface area contributed by atoms with Crippen molar-refractivity contribution < 1.29 is 0 Å². The summed E-state index contributed by atoms with van der Waals surface area (Å²) in [4.78, 5) is 3.78. The molecule has 0 bridgehead atoms. The van der Waals surface area contributed by atoms with Crippen LogP contribution in [-0.2, 0) is 6.54 Å². The van der Waals surface area contributed by atoms with Crippen LogP contribution in [-0.4, -0.2) is 9.55 Å². The number of nitrogens with zero attached hydrogens (tertiary/aromatic N) is 3. The van der Waals surface area contributed by atoms with Crippen LogP contribution in [0.15, 0.2) is 19.0 Å². The molecule has 0 saturated heterocycles. The number of rotatable bonds is 2. The van der Waals surface area contributed by atoms with Crippen molar-refractivity contribution in [2.24, 2.45) is 0 Å². The van der Waals surface area contributed by atoms with Gasteiger partial charge in [-0.25, -0.2) is 4.98 Å². The van der Waals surface area contributed by atoms with Crippen molar-refractivity contribution in [3.05, 3.63) is 24.7 Å². The number of nitrogen functional groups attached to an aromatic ring is 1. The Morgan fingerprint density at radius 2 is 2.64 bits per heavy atom. The Hall–Kier alpha value is -1.76. The Labute approximate surface area is 64.6 Å². The molecule has 0 aromatic carbocycles. The second-order valence-electron chi connectivity index (χ2n) is 2.03. The molecule has 0 saturated carbocycles. The van der Waals surface area contributed by atoms with Crippen LogP contribution in [0.3, 0.4) is 0 Å². The molecule has 1 rings (SSSR count). The molecule has 0 aliphatic rings. The number of nitrogens with two attached hydrogens (primary N) is 1. The van der Waals surface area contributed by atoms with E-state index in [-0.39, 0.29) is 5.82 Å². The summed E-state index contributed by atoms with van der Waals surface area (Å²) < 4.78 is 1.64. The minimum absolute atomic E-state index is 0.273. The molecule has 0 radical (unpaired) electrons. The van der Waals surface area contributed by atoms with E-state index in [0.717, 1.165) is 0 Å². The van der Waals surface area contributed by atoms with Crippen molar-refractivity contribution in [3.63, 3.8) is 0 Å². The van der Waals surface area contributed by atoms with E-state index in [4.69, 9.17) is 11.0 Å². The number of allylic oxidation sites excluding steroid dienone is 1. The molecule has 4 heteroatoms. The molecule has 0 fully saturated rings. The van der Waals surface area contributed by atoms with Crippen LogP contribution in [0.2, 0.25) is 0 Å². The van der Waals surface area contributed by atoms with E-state index >= 15 is 0 Å². The van der Waals surface area contributed by atoms with Crippen LogP contribution in [0.1, 0.15) is 5.69 Å². The molecule has 1 heterocycles. The molecule has 4 nitrogen and oxygen atoms in total. The van der Waals surface area contributed by atoms with Crippen LogP contribution in [0, 0.1) is 11.3 Å². The lowest BCUT2D eigenvalue weighted by Crippen LogP contribution is -1.97. The maximum atomic E-state index is 8.59. The molecule has 1 aromatic rings. The van der Waals surface area contributed by atoms with Gasteiger partial charge in [-0.05, 0) is 0 Å². The summed E-state index contributed by atoms with van der Waals surface area (Å²) in [5.74, 6) is 0.273. The van der Waals surface area contributed by atoms with E-state index < -0.39 is 0 Å². The average Bonchev–Trinajstić information content (AvgIpc) is 2.33. The third kappa shape index (κ3) is 1.22. The number of hydrogen-bond donors (Lipinski definition) is 1. The minimum atomic E-state index is 0.273. The monoisotopic (exact) mass is 148 g/mol. The lowest BCUT2D eigenvalue weighted by Gasteiger charge is -1.95. The summed E-state index contributed by atoms with van der Waals surface area (Å²) in [6, 6.07) is 1.96. The second-order valence-corrected chi connectivity index (χ2v) is 2.03. The van der Waals surface area contributed by atoms with Gasteiger partial charge in [0, 0.05) is 6.54 Å². The van der Waals surface area contributed by atoms with Crippen molar-refractivity contribution >= 4 is 5.82 Å². The predicted molar refractivity (Wildman–Crippen MR) is 41.6 cm³/mol. The summed E-state index contributed by atoms with van der Waals surface area (Å²) in [5, 5.41) is 8.59. The second kappa shape index (κ2) is 2.88. The molecular formula is C7H8N4. The molecule has 1 aromatic heterocycles. The van der Waals surface area contributed by atoms with Crippen molar-refractivity contribution in [2.45, 2.75) is 6.54 Å². The first-order valence-electron chi connectivity index (χ1n) is 3.11. The minimum Gasteiger partial charge on any atom is -0.381 e. The molecule has 0 atom stereocenters. The molecule has 0 spiro atoms. The summed E-state index contributed by atoms with van der Waals surface area (Å²) in [6.45, 7) is 4.10. The van der Waals surface area contributed by atoms with Gasteiger partial charge in [-0.2, -0.15) is 5.26 Å². The summed E-state index contributed by atoms with van der Waals surface area (Å²) in [7, 11) is 0. The largest absolute Gasteiger partial charge is 0.381 e. The first-order valence-corrected chi connectivity index (χ1v) is 3.11. The van der Waals surface area contributed by atoms with E-state index in [9.17, 15) is 0 Å². The standard InChI is InChI=1S/C7H8N4/c1-2-3-11-5-10-7(9)6(11)4-8/h2,5H,1,3,9H2. The Morgan fingerprint density at radius 3 is 3.18 bits per heavy atom. The summed E-state index contributed by atoms with van der Waals surface area (Å²) in [5.41, 5.74) is 5.79. The van der Waals surface area contributed by atoms with Crippen LogP contribution < -0.4 is 5.73 Å². The number of imidazole rings is 1. The summed E-state index contributed by atoms with van der Waals surface area (Å²) >= 11 is 0. The molecular weight excluding hydrogens is 140 g/mol. The van der Waals surface area contributed by atoms with Gasteiger partial charge in [0.05, 0.1) is 6.33 Å². The van der Waals surface area contributed by atoms with Gasteiger partial charge in [-0.15, -0.1) is 6.58 Å². The van der Waals surface area contributed by atoms with E-state index in [2.05, 4.69) is 11.6 Å². The van der Waals surface area contributed by atoms with E-state index in [0.29, 0.717) is 12.2 Å².